The van der Waals surface area contributed by atoms with Crippen LogP contribution in [-0.2, 0) is 0 Å². The molecule has 0 bridgehead atoms. The van der Waals surface area contributed by atoms with Crippen LogP contribution in [0.1, 0.15) is 27.4 Å². The first-order valence-electron chi connectivity index (χ1n) is 6.40. The molecule has 0 fully saturated rings. The fraction of sp³-hybridized carbons (Fsp3) is 0.176. The van der Waals surface area contributed by atoms with Crippen molar-refractivity contribution in [1.29, 1.82) is 5.26 Å². The molecule has 0 N–H and O–H groups in total. The highest BCUT2D eigenvalue weighted by Gasteiger charge is 2.22. The van der Waals surface area contributed by atoms with E-state index in [1.54, 1.807) is 43.5 Å². The molecule has 0 aliphatic rings. The van der Waals surface area contributed by atoms with Crippen LogP contribution in [0.5, 0.6) is 5.75 Å². The lowest BCUT2D eigenvalue weighted by atomic mass is 9.91. The molecule has 1 unspecified atom stereocenters. The topological polar surface area (TPSA) is 50.1 Å². The fourth-order valence-electron chi connectivity index (χ4n) is 2.13. The summed E-state index contributed by atoms with van der Waals surface area (Å²) in [6, 6.07) is 14.5. The molecule has 0 heterocycles. The molecule has 0 spiro atoms. The zero-order valence-electron chi connectivity index (χ0n) is 11.8. The summed E-state index contributed by atoms with van der Waals surface area (Å²) in [5, 5.41) is 9.36. The van der Waals surface area contributed by atoms with Gasteiger partial charge >= 0.3 is 0 Å². The number of carbonyl (C=O) groups is 1. The fourth-order valence-corrected chi connectivity index (χ4v) is 2.73. The van der Waals surface area contributed by atoms with Crippen molar-refractivity contribution < 1.29 is 9.53 Å². The molecule has 0 radical (unpaired) electrons. The Hall–Kier alpha value is -2.12. The lowest BCUT2D eigenvalue weighted by Crippen LogP contribution is -2.11. The van der Waals surface area contributed by atoms with Gasteiger partial charge in [-0.05, 0) is 48.4 Å². The minimum atomic E-state index is -0.815. The van der Waals surface area contributed by atoms with Crippen molar-refractivity contribution in [1.82, 2.24) is 0 Å². The van der Waals surface area contributed by atoms with Gasteiger partial charge in [-0.1, -0.05) is 28.1 Å². The second-order valence-electron chi connectivity index (χ2n) is 4.72. The number of benzene rings is 2. The van der Waals surface area contributed by atoms with Crippen molar-refractivity contribution in [2.75, 3.05) is 7.11 Å². The van der Waals surface area contributed by atoms with Gasteiger partial charge in [0.15, 0.2) is 5.78 Å². The van der Waals surface area contributed by atoms with Crippen molar-refractivity contribution in [2.45, 2.75) is 12.8 Å². The summed E-state index contributed by atoms with van der Waals surface area (Å²) in [6.45, 7) is 1.91. The molecule has 21 heavy (non-hydrogen) atoms. The number of ketones is 1. The number of methoxy groups -OCH3 is 1. The van der Waals surface area contributed by atoms with E-state index in [1.165, 1.54) is 0 Å². The Morgan fingerprint density at radius 1 is 1.24 bits per heavy atom. The predicted molar refractivity (Wildman–Crippen MR) is 84.6 cm³/mol. The van der Waals surface area contributed by atoms with Crippen LogP contribution in [-0.4, -0.2) is 12.9 Å². The molecule has 4 heteroatoms. The van der Waals surface area contributed by atoms with E-state index in [1.807, 2.05) is 13.0 Å². The van der Waals surface area contributed by atoms with Gasteiger partial charge in [-0.25, -0.2) is 0 Å². The summed E-state index contributed by atoms with van der Waals surface area (Å²) in [7, 11) is 1.58. The van der Waals surface area contributed by atoms with E-state index >= 15 is 0 Å². The summed E-state index contributed by atoms with van der Waals surface area (Å²) >= 11 is 3.38. The summed E-state index contributed by atoms with van der Waals surface area (Å²) < 4.78 is 5.92. The first kappa shape index (κ1) is 15.3. The molecular formula is C17H14BrNO2. The number of nitrogens with zero attached hydrogens (tertiary/aromatic N) is 1. The number of ether oxygens (including phenoxy) is 1. The molecule has 0 aliphatic heterocycles. The largest absolute Gasteiger partial charge is 0.497 e. The zero-order valence-corrected chi connectivity index (χ0v) is 13.3. The highest BCUT2D eigenvalue weighted by Crippen LogP contribution is 2.25. The van der Waals surface area contributed by atoms with Crippen LogP contribution in [0.2, 0.25) is 0 Å². The molecule has 0 saturated carbocycles. The maximum Gasteiger partial charge on any atom is 0.184 e. The summed E-state index contributed by atoms with van der Waals surface area (Å²) in [6.07, 6.45) is 0. The Morgan fingerprint density at radius 3 is 2.43 bits per heavy atom. The molecule has 0 aliphatic carbocycles. The Bertz CT molecular complexity index is 681. The highest BCUT2D eigenvalue weighted by molar-refractivity contribution is 9.10. The lowest BCUT2D eigenvalue weighted by Gasteiger charge is -2.10. The Kier molecular flexibility index (Phi) is 4.77. The number of rotatable bonds is 4. The first-order chi connectivity index (χ1) is 10.0. The maximum atomic E-state index is 12.6. The van der Waals surface area contributed by atoms with Crippen LogP contribution in [0.3, 0.4) is 0 Å². The predicted octanol–water partition coefficient (Wildman–Crippen LogP) is 4.26. The summed E-state index contributed by atoms with van der Waals surface area (Å²) in [5.74, 6) is -0.321. The van der Waals surface area contributed by atoms with Gasteiger partial charge in [0.05, 0.1) is 13.2 Å². The van der Waals surface area contributed by atoms with Gasteiger partial charge in [0.25, 0.3) is 0 Å². The number of Topliss-reactive ketones (excluding diaryl/α,β-unsaturated/α-hetero) is 1. The van der Waals surface area contributed by atoms with Gasteiger partial charge in [-0.15, -0.1) is 0 Å². The third kappa shape index (κ3) is 3.50. The SMILES string of the molecule is COc1ccc(C(C#N)C(=O)c2cc(C)cc(Br)c2)cc1. The maximum absolute atomic E-state index is 12.6. The van der Waals surface area contributed by atoms with Crippen LogP contribution < -0.4 is 4.74 Å². The third-order valence-corrected chi connectivity index (χ3v) is 3.62. The summed E-state index contributed by atoms with van der Waals surface area (Å²) in [4.78, 5) is 12.6. The van der Waals surface area contributed by atoms with Crippen LogP contribution >= 0.6 is 15.9 Å². The normalized spacial score (nSPS) is 11.5. The minimum absolute atomic E-state index is 0.202. The van der Waals surface area contributed by atoms with Crippen LogP contribution in [0.15, 0.2) is 46.9 Å². The lowest BCUT2D eigenvalue weighted by molar-refractivity contribution is 0.0978. The average Bonchev–Trinajstić information content (AvgIpc) is 2.47. The molecule has 0 aromatic heterocycles. The second kappa shape index (κ2) is 6.55. The van der Waals surface area contributed by atoms with E-state index in [4.69, 9.17) is 4.74 Å². The quantitative estimate of drug-likeness (QED) is 0.779. The highest BCUT2D eigenvalue weighted by atomic mass is 79.9. The average molecular weight is 344 g/mol. The van der Waals surface area contributed by atoms with E-state index in [9.17, 15) is 10.1 Å². The molecular weight excluding hydrogens is 330 g/mol. The Labute approximate surface area is 132 Å². The molecule has 106 valence electrons. The van der Waals surface area contributed by atoms with Crippen molar-refractivity contribution in [3.05, 3.63) is 63.6 Å². The summed E-state index contributed by atoms with van der Waals surface area (Å²) in [5.41, 5.74) is 2.17. The van der Waals surface area contributed by atoms with Gasteiger partial charge in [-0.3, -0.25) is 4.79 Å². The molecule has 0 amide bonds. The van der Waals surface area contributed by atoms with E-state index in [-0.39, 0.29) is 5.78 Å². The molecule has 0 saturated heterocycles. The van der Waals surface area contributed by atoms with Crippen LogP contribution in [0.25, 0.3) is 0 Å². The number of halogens is 1. The van der Waals surface area contributed by atoms with Crippen molar-refractivity contribution in [3.63, 3.8) is 0 Å². The van der Waals surface area contributed by atoms with Gasteiger partial charge in [0.2, 0.25) is 0 Å². The van der Waals surface area contributed by atoms with Crippen molar-refractivity contribution in [3.8, 4) is 11.8 Å². The number of carbonyl (C=O) groups excluding carboxylic acids is 1. The van der Waals surface area contributed by atoms with Gasteiger partial charge in [0, 0.05) is 10.0 Å². The molecule has 1 atom stereocenters. The number of hydrogen-bond acceptors (Lipinski definition) is 3. The monoisotopic (exact) mass is 343 g/mol. The van der Waals surface area contributed by atoms with Gasteiger partial charge < -0.3 is 4.74 Å². The Balaban J connectivity index is 2.36. The van der Waals surface area contributed by atoms with Crippen molar-refractivity contribution in [2.24, 2.45) is 0 Å². The third-order valence-electron chi connectivity index (χ3n) is 3.17. The van der Waals surface area contributed by atoms with E-state index in [0.29, 0.717) is 16.9 Å². The zero-order chi connectivity index (χ0) is 15.4. The smallest absolute Gasteiger partial charge is 0.184 e. The van der Waals surface area contributed by atoms with Crippen molar-refractivity contribution >= 4 is 21.7 Å². The first-order valence-corrected chi connectivity index (χ1v) is 7.19. The van der Waals surface area contributed by atoms with Crippen LogP contribution in [0, 0.1) is 18.3 Å². The van der Waals surface area contributed by atoms with E-state index in [0.717, 1.165) is 10.0 Å². The molecule has 3 nitrogen and oxygen atoms in total. The standard InChI is InChI=1S/C17H14BrNO2/c1-11-7-13(9-14(18)8-11)17(20)16(10-19)12-3-5-15(21-2)6-4-12/h3-9,16H,1-2H3. The van der Waals surface area contributed by atoms with E-state index in [2.05, 4.69) is 22.0 Å². The minimum Gasteiger partial charge on any atom is -0.497 e. The number of nitriles is 1. The van der Waals surface area contributed by atoms with Gasteiger partial charge in [0.1, 0.15) is 11.7 Å². The van der Waals surface area contributed by atoms with E-state index < -0.39 is 5.92 Å². The Morgan fingerprint density at radius 2 is 1.90 bits per heavy atom. The number of hydrogen-bond donors (Lipinski definition) is 0. The van der Waals surface area contributed by atoms with Crippen LogP contribution in [0.4, 0.5) is 0 Å². The molecule has 2 rings (SSSR count). The number of aryl methyl sites for hydroxylation is 1. The molecule has 2 aromatic rings. The molecule has 2 aromatic carbocycles. The van der Waals surface area contributed by atoms with Gasteiger partial charge in [-0.2, -0.15) is 5.26 Å². The second-order valence-corrected chi connectivity index (χ2v) is 5.63.